The maximum absolute atomic E-state index is 13.3. The molecule has 0 radical (unpaired) electrons. The first kappa shape index (κ1) is 15.5. The monoisotopic (exact) mass is 302 g/mol. The number of urea groups is 1. The van der Waals surface area contributed by atoms with Crippen molar-refractivity contribution in [3.05, 3.63) is 66.0 Å². The van der Waals surface area contributed by atoms with Crippen LogP contribution in [0.15, 0.2) is 54.6 Å². The number of benzene rings is 2. The predicted molar refractivity (Wildman–Crippen MR) is 78.7 cm³/mol. The number of nitrogens with one attached hydrogen (secondary N) is 2. The molecule has 0 saturated heterocycles. The van der Waals surface area contributed by atoms with E-state index >= 15 is 0 Å². The van der Waals surface area contributed by atoms with Crippen molar-refractivity contribution in [2.45, 2.75) is 6.54 Å². The molecule has 22 heavy (non-hydrogen) atoms. The molecule has 0 aliphatic carbocycles. The van der Waals surface area contributed by atoms with Crippen molar-refractivity contribution in [2.24, 2.45) is 0 Å². The molecular weight excluding hydrogens is 287 g/mol. The molecule has 0 aliphatic rings. The van der Waals surface area contributed by atoms with Crippen LogP contribution in [0, 0.1) is 5.82 Å². The minimum Gasteiger partial charge on any atom is -0.481 e. The minimum absolute atomic E-state index is 0.0395. The summed E-state index contributed by atoms with van der Waals surface area (Å²) >= 11 is 0. The lowest BCUT2D eigenvalue weighted by Gasteiger charge is -2.08. The molecule has 2 aromatic carbocycles. The number of ether oxygens (including phenoxy) is 1. The number of hydrogen-bond acceptors (Lipinski definition) is 3. The Labute approximate surface area is 127 Å². The highest BCUT2D eigenvalue weighted by atomic mass is 19.1. The average Bonchev–Trinajstić information content (AvgIpc) is 2.53. The molecule has 0 fully saturated rings. The molecule has 0 saturated carbocycles. The second kappa shape index (κ2) is 7.78. The van der Waals surface area contributed by atoms with Gasteiger partial charge < -0.3 is 10.1 Å². The highest BCUT2D eigenvalue weighted by Gasteiger charge is 2.09. The van der Waals surface area contributed by atoms with Gasteiger partial charge in [0, 0.05) is 6.54 Å². The van der Waals surface area contributed by atoms with Gasteiger partial charge in [-0.3, -0.25) is 10.1 Å². The lowest BCUT2D eigenvalue weighted by molar-refractivity contribution is -0.122. The lowest BCUT2D eigenvalue weighted by Crippen LogP contribution is -2.41. The molecule has 0 aliphatic heterocycles. The summed E-state index contributed by atoms with van der Waals surface area (Å²) in [5, 5.41) is 4.64. The van der Waals surface area contributed by atoms with E-state index in [1.807, 2.05) is 30.3 Å². The quantitative estimate of drug-likeness (QED) is 0.890. The molecule has 0 atom stereocenters. The van der Waals surface area contributed by atoms with Crippen LogP contribution >= 0.6 is 0 Å². The van der Waals surface area contributed by atoms with Gasteiger partial charge in [-0.25, -0.2) is 9.18 Å². The molecule has 5 nitrogen and oxygen atoms in total. The van der Waals surface area contributed by atoms with Gasteiger partial charge in [0.15, 0.2) is 18.2 Å². The average molecular weight is 302 g/mol. The van der Waals surface area contributed by atoms with Crippen molar-refractivity contribution >= 4 is 11.9 Å². The first-order valence-electron chi connectivity index (χ1n) is 6.64. The number of imide groups is 1. The van der Waals surface area contributed by atoms with E-state index in [1.54, 1.807) is 6.07 Å². The van der Waals surface area contributed by atoms with E-state index < -0.39 is 24.4 Å². The van der Waals surface area contributed by atoms with Crippen LogP contribution in [0.3, 0.4) is 0 Å². The van der Waals surface area contributed by atoms with Gasteiger partial charge in [-0.15, -0.1) is 0 Å². The van der Waals surface area contributed by atoms with Gasteiger partial charge in [0.2, 0.25) is 0 Å². The van der Waals surface area contributed by atoms with Crippen molar-refractivity contribution in [3.8, 4) is 5.75 Å². The van der Waals surface area contributed by atoms with Crippen LogP contribution in [0.1, 0.15) is 5.56 Å². The number of carbonyl (C=O) groups excluding carboxylic acids is 2. The fourth-order valence-corrected chi connectivity index (χ4v) is 1.69. The first-order valence-corrected chi connectivity index (χ1v) is 6.64. The van der Waals surface area contributed by atoms with Gasteiger partial charge in [0.1, 0.15) is 0 Å². The third-order valence-electron chi connectivity index (χ3n) is 2.74. The molecule has 114 valence electrons. The summed E-state index contributed by atoms with van der Waals surface area (Å²) in [5.41, 5.74) is 0.910. The Kier molecular flexibility index (Phi) is 5.48. The SMILES string of the molecule is O=C(COc1ccccc1F)NC(=O)NCc1ccccc1. The number of hydrogen-bond donors (Lipinski definition) is 2. The summed E-state index contributed by atoms with van der Waals surface area (Å²) in [5.74, 6) is -1.26. The first-order chi connectivity index (χ1) is 10.6. The van der Waals surface area contributed by atoms with Gasteiger partial charge in [0.25, 0.3) is 5.91 Å². The molecule has 0 heterocycles. The zero-order valence-electron chi connectivity index (χ0n) is 11.7. The molecular formula is C16H15FN2O3. The topological polar surface area (TPSA) is 67.4 Å². The Balaban J connectivity index is 1.72. The maximum Gasteiger partial charge on any atom is 0.321 e. The molecule has 3 amide bonds. The van der Waals surface area contributed by atoms with E-state index in [2.05, 4.69) is 10.6 Å². The zero-order chi connectivity index (χ0) is 15.8. The lowest BCUT2D eigenvalue weighted by atomic mass is 10.2. The molecule has 0 unspecified atom stereocenters. The molecule has 0 bridgehead atoms. The van der Waals surface area contributed by atoms with Gasteiger partial charge >= 0.3 is 6.03 Å². The number of rotatable bonds is 5. The van der Waals surface area contributed by atoms with Crippen LogP contribution in [-0.2, 0) is 11.3 Å². The second-order valence-electron chi connectivity index (χ2n) is 4.44. The molecule has 6 heteroatoms. The summed E-state index contributed by atoms with van der Waals surface area (Å²) in [6.45, 7) is -0.145. The van der Waals surface area contributed by atoms with Crippen LogP contribution in [0.5, 0.6) is 5.75 Å². The normalized spacial score (nSPS) is 9.86. The number of halogens is 1. The van der Waals surface area contributed by atoms with Crippen molar-refractivity contribution in [1.82, 2.24) is 10.6 Å². The highest BCUT2D eigenvalue weighted by molar-refractivity contribution is 5.94. The Hall–Kier alpha value is -2.89. The van der Waals surface area contributed by atoms with Gasteiger partial charge in [-0.2, -0.15) is 0 Å². The highest BCUT2D eigenvalue weighted by Crippen LogP contribution is 2.14. The standard InChI is InChI=1S/C16H15FN2O3/c17-13-8-4-5-9-14(13)22-11-15(20)19-16(21)18-10-12-6-2-1-3-7-12/h1-9H,10-11H2,(H2,18,19,20,21). The summed E-state index contributed by atoms with van der Waals surface area (Å²) in [7, 11) is 0. The Morgan fingerprint density at radius 2 is 1.68 bits per heavy atom. The molecule has 2 aromatic rings. The van der Waals surface area contributed by atoms with E-state index in [0.717, 1.165) is 5.56 Å². The fraction of sp³-hybridized carbons (Fsp3) is 0.125. The van der Waals surface area contributed by atoms with E-state index in [-0.39, 0.29) is 5.75 Å². The third kappa shape index (κ3) is 4.90. The van der Waals surface area contributed by atoms with Gasteiger partial charge in [-0.1, -0.05) is 42.5 Å². The Morgan fingerprint density at radius 1 is 1.00 bits per heavy atom. The van der Waals surface area contributed by atoms with Crippen LogP contribution in [-0.4, -0.2) is 18.5 Å². The van der Waals surface area contributed by atoms with Crippen LogP contribution in [0.2, 0.25) is 0 Å². The van der Waals surface area contributed by atoms with E-state index in [9.17, 15) is 14.0 Å². The molecule has 0 aromatic heterocycles. The summed E-state index contributed by atoms with van der Waals surface area (Å²) < 4.78 is 18.3. The van der Waals surface area contributed by atoms with Gasteiger partial charge in [0.05, 0.1) is 0 Å². The molecule has 2 N–H and O–H groups in total. The number of carbonyl (C=O) groups is 2. The number of para-hydroxylation sites is 1. The van der Waals surface area contributed by atoms with Crippen molar-refractivity contribution < 1.29 is 18.7 Å². The van der Waals surface area contributed by atoms with Crippen molar-refractivity contribution in [1.29, 1.82) is 0 Å². The predicted octanol–water partition coefficient (Wildman–Crippen LogP) is 2.23. The maximum atomic E-state index is 13.3. The smallest absolute Gasteiger partial charge is 0.321 e. The molecule has 0 spiro atoms. The minimum atomic E-state index is -0.659. The van der Waals surface area contributed by atoms with E-state index in [1.165, 1.54) is 18.2 Å². The molecule has 2 rings (SSSR count). The summed E-state index contributed by atoms with van der Waals surface area (Å²) in [6, 6.07) is 14.4. The Bertz CT molecular complexity index is 647. The second-order valence-corrected chi connectivity index (χ2v) is 4.44. The van der Waals surface area contributed by atoms with Crippen LogP contribution < -0.4 is 15.4 Å². The van der Waals surface area contributed by atoms with Crippen molar-refractivity contribution in [2.75, 3.05) is 6.61 Å². The van der Waals surface area contributed by atoms with E-state index in [4.69, 9.17) is 4.74 Å². The van der Waals surface area contributed by atoms with Crippen molar-refractivity contribution in [3.63, 3.8) is 0 Å². The van der Waals surface area contributed by atoms with Crippen LogP contribution in [0.25, 0.3) is 0 Å². The largest absolute Gasteiger partial charge is 0.481 e. The van der Waals surface area contributed by atoms with Gasteiger partial charge in [-0.05, 0) is 17.7 Å². The zero-order valence-corrected chi connectivity index (χ0v) is 11.7. The summed E-state index contributed by atoms with van der Waals surface area (Å²) in [4.78, 5) is 23.1. The third-order valence-corrected chi connectivity index (χ3v) is 2.74. The number of amides is 3. The summed E-state index contributed by atoms with van der Waals surface area (Å²) in [6.07, 6.45) is 0. The Morgan fingerprint density at radius 3 is 2.41 bits per heavy atom. The van der Waals surface area contributed by atoms with Crippen LogP contribution in [0.4, 0.5) is 9.18 Å². The fourth-order valence-electron chi connectivity index (χ4n) is 1.69. The van der Waals surface area contributed by atoms with E-state index in [0.29, 0.717) is 6.54 Å².